The normalized spacial score (nSPS) is 22.7. The first-order chi connectivity index (χ1) is 8.61. The van der Waals surface area contributed by atoms with Gasteiger partial charge in [-0.25, -0.2) is 0 Å². The van der Waals surface area contributed by atoms with Gasteiger partial charge in [0.05, 0.1) is 5.02 Å². The zero-order valence-corrected chi connectivity index (χ0v) is 12.3. The highest BCUT2D eigenvalue weighted by atomic mass is 79.9. The number of Topliss-reactive ketones (excluding diaryl/α,β-unsaturated/α-hetero) is 1. The molecular weight excluding hydrogens is 319 g/mol. The van der Waals surface area contributed by atoms with Gasteiger partial charge in [-0.2, -0.15) is 0 Å². The van der Waals surface area contributed by atoms with E-state index in [4.69, 9.17) is 21.1 Å². The molecule has 1 aliphatic carbocycles. The Morgan fingerprint density at radius 1 is 1.50 bits per heavy atom. The molecule has 2 unspecified atom stereocenters. The molecule has 0 spiro atoms. The Morgan fingerprint density at radius 3 is 2.94 bits per heavy atom. The average Bonchev–Trinajstić information content (AvgIpc) is 2.33. The molecule has 5 heteroatoms. The summed E-state index contributed by atoms with van der Waals surface area (Å²) in [6.45, 7) is 2.58. The van der Waals surface area contributed by atoms with Crippen molar-refractivity contribution < 1.29 is 14.3 Å². The van der Waals surface area contributed by atoms with Crippen LogP contribution < -0.4 is 4.74 Å². The predicted octanol–water partition coefficient (Wildman–Crippen LogP) is 3.62. The van der Waals surface area contributed by atoms with Gasteiger partial charge in [0.2, 0.25) is 0 Å². The van der Waals surface area contributed by atoms with Crippen LogP contribution in [0, 0.1) is 0 Å². The summed E-state index contributed by atoms with van der Waals surface area (Å²) in [5, 5.41) is 0.534. The van der Waals surface area contributed by atoms with E-state index in [9.17, 15) is 4.79 Å². The molecule has 1 fully saturated rings. The van der Waals surface area contributed by atoms with E-state index in [1.807, 2.05) is 13.0 Å². The molecular formula is C13H14BrClO3. The van der Waals surface area contributed by atoms with Crippen LogP contribution in [0.3, 0.4) is 0 Å². The largest absolute Gasteiger partial charge is 0.485 e. The fourth-order valence-electron chi connectivity index (χ4n) is 1.75. The van der Waals surface area contributed by atoms with Gasteiger partial charge in [0.15, 0.2) is 11.9 Å². The molecule has 1 aliphatic rings. The third-order valence-electron chi connectivity index (χ3n) is 2.73. The summed E-state index contributed by atoms with van der Waals surface area (Å²) in [7, 11) is 0. The van der Waals surface area contributed by atoms with Crippen molar-refractivity contribution in [1.29, 1.82) is 0 Å². The Morgan fingerprint density at radius 2 is 2.28 bits per heavy atom. The molecule has 1 aromatic rings. The number of hydrogen-bond acceptors (Lipinski definition) is 3. The van der Waals surface area contributed by atoms with Crippen molar-refractivity contribution in [3.63, 3.8) is 0 Å². The van der Waals surface area contributed by atoms with Crippen molar-refractivity contribution in [2.24, 2.45) is 0 Å². The van der Waals surface area contributed by atoms with Gasteiger partial charge in [0.25, 0.3) is 0 Å². The number of ketones is 1. The smallest absolute Gasteiger partial charge is 0.169 e. The Labute approximate surface area is 120 Å². The molecule has 0 N–H and O–H groups in total. The summed E-state index contributed by atoms with van der Waals surface area (Å²) >= 11 is 9.40. The van der Waals surface area contributed by atoms with Crippen LogP contribution in [0.2, 0.25) is 5.02 Å². The Hall–Kier alpha value is -0.580. The molecule has 2 rings (SSSR count). The molecule has 0 radical (unpaired) electrons. The maximum atomic E-state index is 11.4. The molecule has 0 bridgehead atoms. The van der Waals surface area contributed by atoms with E-state index in [1.54, 1.807) is 12.1 Å². The van der Waals surface area contributed by atoms with E-state index < -0.39 is 6.10 Å². The molecule has 3 nitrogen and oxygen atoms in total. The topological polar surface area (TPSA) is 35.5 Å². The standard InChI is InChI=1S/C13H14BrClO3/c1-2-5-17-13-10(16)7-12(13)18-11-6-8(14)3-4-9(11)15/h3-4,6,12-13H,2,5,7H2,1H3. The minimum absolute atomic E-state index is 0.0968. The van der Waals surface area contributed by atoms with Crippen molar-refractivity contribution in [1.82, 2.24) is 0 Å². The molecule has 1 saturated carbocycles. The molecule has 0 heterocycles. The third-order valence-corrected chi connectivity index (χ3v) is 3.54. The first-order valence-electron chi connectivity index (χ1n) is 5.88. The van der Waals surface area contributed by atoms with E-state index in [2.05, 4.69) is 15.9 Å². The van der Waals surface area contributed by atoms with E-state index in [0.717, 1.165) is 10.9 Å². The van der Waals surface area contributed by atoms with Gasteiger partial charge in [0, 0.05) is 17.5 Å². The molecule has 2 atom stereocenters. The Balaban J connectivity index is 2.01. The molecule has 0 aromatic heterocycles. The lowest BCUT2D eigenvalue weighted by atomic mass is 9.90. The van der Waals surface area contributed by atoms with E-state index >= 15 is 0 Å². The van der Waals surface area contributed by atoms with E-state index in [-0.39, 0.29) is 11.9 Å². The van der Waals surface area contributed by atoms with Crippen molar-refractivity contribution in [3.8, 4) is 5.75 Å². The zero-order chi connectivity index (χ0) is 13.1. The third kappa shape index (κ3) is 3.05. The van der Waals surface area contributed by atoms with Crippen molar-refractivity contribution in [2.45, 2.75) is 32.0 Å². The lowest BCUT2D eigenvalue weighted by Crippen LogP contribution is -2.52. The number of ether oxygens (including phenoxy) is 2. The summed E-state index contributed by atoms with van der Waals surface area (Å²) in [6.07, 6.45) is 0.599. The first kappa shape index (κ1) is 13.8. The number of hydrogen-bond donors (Lipinski definition) is 0. The summed E-state index contributed by atoms with van der Waals surface area (Å²) < 4.78 is 12.1. The van der Waals surface area contributed by atoms with Gasteiger partial charge in [-0.1, -0.05) is 34.5 Å². The van der Waals surface area contributed by atoms with Gasteiger partial charge in [-0.05, 0) is 24.6 Å². The first-order valence-corrected chi connectivity index (χ1v) is 7.05. The fraction of sp³-hybridized carbons (Fsp3) is 0.462. The van der Waals surface area contributed by atoms with Gasteiger partial charge < -0.3 is 9.47 Å². The van der Waals surface area contributed by atoms with Crippen LogP contribution in [0.5, 0.6) is 5.75 Å². The highest BCUT2D eigenvalue weighted by Gasteiger charge is 2.42. The molecule has 98 valence electrons. The summed E-state index contributed by atoms with van der Waals surface area (Å²) in [6, 6.07) is 5.39. The summed E-state index contributed by atoms with van der Waals surface area (Å²) in [5.74, 6) is 0.674. The monoisotopic (exact) mass is 332 g/mol. The minimum Gasteiger partial charge on any atom is -0.485 e. The van der Waals surface area contributed by atoms with Crippen molar-refractivity contribution in [3.05, 3.63) is 27.7 Å². The lowest BCUT2D eigenvalue weighted by molar-refractivity contribution is -0.154. The zero-order valence-electron chi connectivity index (χ0n) is 9.99. The highest BCUT2D eigenvalue weighted by Crippen LogP contribution is 2.32. The second kappa shape index (κ2) is 6.04. The number of rotatable bonds is 5. The summed E-state index contributed by atoms with van der Waals surface area (Å²) in [4.78, 5) is 11.4. The number of carbonyl (C=O) groups excluding carboxylic acids is 1. The van der Waals surface area contributed by atoms with E-state index in [1.165, 1.54) is 0 Å². The fourth-order valence-corrected chi connectivity index (χ4v) is 2.25. The molecule has 0 aliphatic heterocycles. The number of halogens is 2. The number of carbonyl (C=O) groups is 1. The second-order valence-electron chi connectivity index (χ2n) is 4.19. The average molecular weight is 334 g/mol. The van der Waals surface area contributed by atoms with Crippen LogP contribution in [-0.4, -0.2) is 24.6 Å². The Kier molecular flexibility index (Phi) is 4.65. The van der Waals surface area contributed by atoms with Gasteiger partial charge >= 0.3 is 0 Å². The molecule has 0 amide bonds. The van der Waals surface area contributed by atoms with Gasteiger partial charge in [0.1, 0.15) is 11.9 Å². The maximum Gasteiger partial charge on any atom is 0.169 e. The van der Waals surface area contributed by atoms with Crippen LogP contribution in [0.25, 0.3) is 0 Å². The number of benzene rings is 1. The molecule has 1 aromatic carbocycles. The van der Waals surface area contributed by atoms with Crippen LogP contribution in [0.4, 0.5) is 0 Å². The van der Waals surface area contributed by atoms with Crippen LogP contribution in [0.15, 0.2) is 22.7 Å². The summed E-state index contributed by atoms with van der Waals surface area (Å²) in [5.41, 5.74) is 0. The van der Waals surface area contributed by atoms with Crippen molar-refractivity contribution >= 4 is 33.3 Å². The Bertz CT molecular complexity index is 450. The minimum atomic E-state index is -0.444. The maximum absolute atomic E-state index is 11.4. The highest BCUT2D eigenvalue weighted by molar-refractivity contribution is 9.10. The van der Waals surface area contributed by atoms with Crippen molar-refractivity contribution in [2.75, 3.05) is 6.61 Å². The molecule has 0 saturated heterocycles. The van der Waals surface area contributed by atoms with Crippen LogP contribution in [-0.2, 0) is 9.53 Å². The predicted molar refractivity (Wildman–Crippen MR) is 73.2 cm³/mol. The van der Waals surface area contributed by atoms with E-state index in [0.29, 0.717) is 23.8 Å². The molecule has 18 heavy (non-hydrogen) atoms. The quantitative estimate of drug-likeness (QED) is 0.825. The van der Waals surface area contributed by atoms with Gasteiger partial charge in [-0.15, -0.1) is 0 Å². The second-order valence-corrected chi connectivity index (χ2v) is 5.52. The van der Waals surface area contributed by atoms with Gasteiger partial charge in [-0.3, -0.25) is 4.79 Å². The SMILES string of the molecule is CCCOC1C(=O)CC1Oc1cc(Br)ccc1Cl. The lowest BCUT2D eigenvalue weighted by Gasteiger charge is -2.34. The van der Waals surface area contributed by atoms with Crippen LogP contribution in [0.1, 0.15) is 19.8 Å². The van der Waals surface area contributed by atoms with Crippen LogP contribution >= 0.6 is 27.5 Å².